The van der Waals surface area contributed by atoms with E-state index in [9.17, 15) is 9.59 Å². The van der Waals surface area contributed by atoms with Gasteiger partial charge in [-0.15, -0.1) is 0 Å². The van der Waals surface area contributed by atoms with E-state index >= 15 is 0 Å². The van der Waals surface area contributed by atoms with E-state index in [1.54, 1.807) is 24.0 Å². The van der Waals surface area contributed by atoms with Crippen molar-refractivity contribution >= 4 is 11.8 Å². The Bertz CT molecular complexity index is 756. The van der Waals surface area contributed by atoms with Crippen molar-refractivity contribution < 1.29 is 9.59 Å². The Morgan fingerprint density at radius 2 is 2.16 bits per heavy atom. The van der Waals surface area contributed by atoms with Crippen LogP contribution in [-0.2, 0) is 11.3 Å². The van der Waals surface area contributed by atoms with Gasteiger partial charge in [-0.25, -0.2) is 0 Å². The van der Waals surface area contributed by atoms with Crippen LogP contribution in [0.3, 0.4) is 0 Å². The number of amides is 2. The van der Waals surface area contributed by atoms with Crippen molar-refractivity contribution in [3.05, 3.63) is 47.5 Å². The Kier molecular flexibility index (Phi) is 5.11. The summed E-state index contributed by atoms with van der Waals surface area (Å²) < 4.78 is 1.56. The molecule has 7 heteroatoms. The van der Waals surface area contributed by atoms with Crippen molar-refractivity contribution in [2.24, 2.45) is 0 Å². The molecule has 3 rings (SSSR count). The molecule has 3 heterocycles. The lowest BCUT2D eigenvalue weighted by molar-refractivity contribution is -0.121. The second kappa shape index (κ2) is 7.46. The molecule has 25 heavy (non-hydrogen) atoms. The fraction of sp³-hybridized carbons (Fsp3) is 0.444. The van der Waals surface area contributed by atoms with Gasteiger partial charge in [-0.2, -0.15) is 5.10 Å². The molecule has 1 aliphatic rings. The van der Waals surface area contributed by atoms with E-state index in [2.05, 4.69) is 15.4 Å². The van der Waals surface area contributed by atoms with Gasteiger partial charge in [-0.05, 0) is 44.4 Å². The predicted octanol–water partition coefficient (Wildman–Crippen LogP) is 1.70. The average Bonchev–Trinajstić information content (AvgIpc) is 3.02. The summed E-state index contributed by atoms with van der Waals surface area (Å²) in [5.74, 6) is -0.247. The van der Waals surface area contributed by atoms with Crippen LogP contribution in [0.25, 0.3) is 0 Å². The van der Waals surface area contributed by atoms with Crippen LogP contribution in [0.5, 0.6) is 0 Å². The molecule has 2 aromatic rings. The second-order valence-electron chi connectivity index (χ2n) is 6.27. The van der Waals surface area contributed by atoms with Crippen molar-refractivity contribution in [2.75, 3.05) is 13.6 Å². The van der Waals surface area contributed by atoms with Gasteiger partial charge in [0.25, 0.3) is 5.91 Å². The van der Waals surface area contributed by atoms with Crippen molar-refractivity contribution in [2.45, 2.75) is 38.8 Å². The van der Waals surface area contributed by atoms with Gasteiger partial charge >= 0.3 is 0 Å². The Morgan fingerprint density at radius 1 is 1.32 bits per heavy atom. The normalized spacial score (nSPS) is 17.4. The number of hydrogen-bond donors (Lipinski definition) is 1. The van der Waals surface area contributed by atoms with Gasteiger partial charge in [0, 0.05) is 25.5 Å². The van der Waals surface area contributed by atoms with Gasteiger partial charge in [0.05, 0.1) is 11.7 Å². The topological polar surface area (TPSA) is 80.1 Å². The minimum atomic E-state index is -0.144. The first-order chi connectivity index (χ1) is 12.1. The maximum atomic E-state index is 13.0. The highest BCUT2D eigenvalue weighted by Gasteiger charge is 2.31. The molecule has 0 aromatic carbocycles. The molecule has 1 saturated heterocycles. The number of aryl methyl sites for hydroxylation is 1. The van der Waals surface area contributed by atoms with Crippen molar-refractivity contribution in [1.29, 1.82) is 0 Å². The number of likely N-dealkylation sites (N-methyl/N-ethyl adjacent to an activating group) is 1. The van der Waals surface area contributed by atoms with Crippen molar-refractivity contribution in [3.63, 3.8) is 0 Å². The van der Waals surface area contributed by atoms with E-state index in [-0.39, 0.29) is 24.4 Å². The fourth-order valence-corrected chi connectivity index (χ4v) is 3.19. The van der Waals surface area contributed by atoms with E-state index in [1.165, 1.54) is 0 Å². The smallest absolute Gasteiger partial charge is 0.274 e. The lowest BCUT2D eigenvalue weighted by atomic mass is 9.98. The molecule has 0 aliphatic carbocycles. The molecule has 0 spiro atoms. The highest BCUT2D eigenvalue weighted by molar-refractivity contribution is 5.92. The first-order valence-electron chi connectivity index (χ1n) is 8.57. The van der Waals surface area contributed by atoms with Gasteiger partial charge in [-0.1, -0.05) is 6.07 Å². The summed E-state index contributed by atoms with van der Waals surface area (Å²) in [6.07, 6.45) is 4.72. The fourth-order valence-electron chi connectivity index (χ4n) is 3.19. The quantitative estimate of drug-likeness (QED) is 0.918. The summed E-state index contributed by atoms with van der Waals surface area (Å²) in [5, 5.41) is 6.91. The van der Waals surface area contributed by atoms with Gasteiger partial charge in [0.2, 0.25) is 5.91 Å². The number of carbonyl (C=O) groups excluding carboxylic acids is 2. The number of hydrogen-bond acceptors (Lipinski definition) is 4. The lowest BCUT2D eigenvalue weighted by Crippen LogP contribution is -2.39. The van der Waals surface area contributed by atoms with E-state index in [4.69, 9.17) is 0 Å². The predicted molar refractivity (Wildman–Crippen MR) is 92.9 cm³/mol. The van der Waals surface area contributed by atoms with Crippen molar-refractivity contribution in [3.8, 4) is 0 Å². The number of aromatic nitrogens is 3. The van der Waals surface area contributed by atoms with Gasteiger partial charge in [0.1, 0.15) is 6.54 Å². The maximum Gasteiger partial charge on any atom is 0.274 e. The first-order valence-corrected chi connectivity index (χ1v) is 8.57. The molecule has 1 fully saturated rings. The zero-order valence-corrected chi connectivity index (χ0v) is 14.6. The third kappa shape index (κ3) is 3.70. The van der Waals surface area contributed by atoms with E-state index in [0.717, 1.165) is 30.7 Å². The molecule has 2 aromatic heterocycles. The number of nitrogens with zero attached hydrogens (tertiary/aromatic N) is 4. The van der Waals surface area contributed by atoms with Crippen LogP contribution < -0.4 is 5.32 Å². The van der Waals surface area contributed by atoms with Crippen LogP contribution in [0.15, 0.2) is 30.5 Å². The molecular formula is C18H23N5O2. The van der Waals surface area contributed by atoms with E-state index < -0.39 is 0 Å². The molecule has 1 aliphatic heterocycles. The number of nitrogens with one attached hydrogen (secondary N) is 1. The van der Waals surface area contributed by atoms with E-state index in [0.29, 0.717) is 12.2 Å². The van der Waals surface area contributed by atoms with Crippen LogP contribution in [0, 0.1) is 6.92 Å². The molecule has 1 atom stereocenters. The van der Waals surface area contributed by atoms with Crippen LogP contribution in [0.1, 0.15) is 47.2 Å². The number of pyridine rings is 1. The Morgan fingerprint density at radius 3 is 2.88 bits per heavy atom. The number of carbonyl (C=O) groups is 2. The Labute approximate surface area is 147 Å². The molecule has 0 radical (unpaired) electrons. The summed E-state index contributed by atoms with van der Waals surface area (Å²) in [6.45, 7) is 2.65. The zero-order chi connectivity index (χ0) is 17.8. The minimum absolute atomic E-state index is 0.0214. The largest absolute Gasteiger partial charge is 0.358 e. The van der Waals surface area contributed by atoms with Crippen LogP contribution >= 0.6 is 0 Å². The molecule has 132 valence electrons. The van der Waals surface area contributed by atoms with Crippen LogP contribution in [-0.4, -0.2) is 45.1 Å². The average molecular weight is 341 g/mol. The number of piperidine rings is 1. The summed E-state index contributed by atoms with van der Waals surface area (Å²) in [6, 6.07) is 7.51. The zero-order valence-electron chi connectivity index (χ0n) is 14.6. The lowest BCUT2D eigenvalue weighted by Gasteiger charge is -2.34. The molecular weight excluding hydrogens is 318 g/mol. The first kappa shape index (κ1) is 17.1. The summed E-state index contributed by atoms with van der Waals surface area (Å²) in [5.41, 5.74) is 2.08. The summed E-state index contributed by atoms with van der Waals surface area (Å²) in [7, 11) is 1.58. The minimum Gasteiger partial charge on any atom is -0.358 e. The molecule has 7 nitrogen and oxygen atoms in total. The number of rotatable bonds is 4. The molecule has 0 saturated carbocycles. The monoisotopic (exact) mass is 341 g/mol. The molecule has 0 bridgehead atoms. The van der Waals surface area contributed by atoms with Crippen molar-refractivity contribution in [1.82, 2.24) is 25.0 Å². The maximum absolute atomic E-state index is 13.0. The third-order valence-corrected chi connectivity index (χ3v) is 4.57. The summed E-state index contributed by atoms with van der Waals surface area (Å²) >= 11 is 0. The van der Waals surface area contributed by atoms with Gasteiger partial charge in [0.15, 0.2) is 5.69 Å². The number of likely N-dealkylation sites (tertiary alicyclic amines) is 1. The molecule has 0 unspecified atom stereocenters. The summed E-state index contributed by atoms with van der Waals surface area (Å²) in [4.78, 5) is 30.9. The van der Waals surface area contributed by atoms with Gasteiger partial charge < -0.3 is 10.2 Å². The molecule has 2 amide bonds. The third-order valence-electron chi connectivity index (χ3n) is 4.57. The Hall–Kier alpha value is -2.70. The standard InChI is InChI=1S/C18H23N5O2/c1-13-11-15(21-23(13)12-17(24)19-2)18(25)22-10-6-4-8-16(22)14-7-3-5-9-20-14/h3,5,7,9,11,16H,4,6,8,10,12H2,1-2H3,(H,19,24)/t16-/m1/s1. The highest BCUT2D eigenvalue weighted by Crippen LogP contribution is 2.30. The van der Waals surface area contributed by atoms with E-state index in [1.807, 2.05) is 30.0 Å². The van der Waals surface area contributed by atoms with Crippen LogP contribution in [0.2, 0.25) is 0 Å². The second-order valence-corrected chi connectivity index (χ2v) is 6.27. The molecule has 1 N–H and O–H groups in total. The van der Waals surface area contributed by atoms with Crippen LogP contribution in [0.4, 0.5) is 0 Å². The Balaban J connectivity index is 1.83. The van der Waals surface area contributed by atoms with Gasteiger partial charge in [-0.3, -0.25) is 19.3 Å². The highest BCUT2D eigenvalue weighted by atomic mass is 16.2. The SMILES string of the molecule is CNC(=O)Cn1nc(C(=O)N2CCCC[C@@H]2c2ccccn2)cc1C.